The van der Waals surface area contributed by atoms with E-state index in [2.05, 4.69) is 32.0 Å². The van der Waals surface area contributed by atoms with Crippen molar-refractivity contribution in [2.45, 2.75) is 39.2 Å². The molecule has 1 aromatic rings. The lowest BCUT2D eigenvalue weighted by atomic mass is 9.95. The topological polar surface area (TPSA) is 26.0 Å². The second-order valence-corrected chi connectivity index (χ2v) is 4.57. The van der Waals surface area contributed by atoms with Crippen LogP contribution >= 0.6 is 0 Å². The van der Waals surface area contributed by atoms with Crippen molar-refractivity contribution in [3.63, 3.8) is 0 Å². The van der Waals surface area contributed by atoms with Crippen LogP contribution in [0.15, 0.2) is 18.2 Å². The van der Waals surface area contributed by atoms with Crippen molar-refractivity contribution < 1.29 is 0 Å². The molecule has 1 aromatic carbocycles. The van der Waals surface area contributed by atoms with Crippen molar-refractivity contribution in [1.82, 2.24) is 0 Å². The van der Waals surface area contributed by atoms with Crippen molar-refractivity contribution in [2.75, 3.05) is 0 Å². The fourth-order valence-electron chi connectivity index (χ4n) is 2.02. The van der Waals surface area contributed by atoms with Gasteiger partial charge in [0.2, 0.25) is 0 Å². The van der Waals surface area contributed by atoms with Crippen molar-refractivity contribution >= 4 is 0 Å². The van der Waals surface area contributed by atoms with Crippen LogP contribution in [-0.4, -0.2) is 0 Å². The first-order valence-corrected chi connectivity index (χ1v) is 5.50. The van der Waals surface area contributed by atoms with Gasteiger partial charge in [-0.1, -0.05) is 31.0 Å². The van der Waals surface area contributed by atoms with Gasteiger partial charge in [0.15, 0.2) is 0 Å². The van der Waals surface area contributed by atoms with Gasteiger partial charge >= 0.3 is 0 Å². The van der Waals surface area contributed by atoms with E-state index in [9.17, 15) is 0 Å². The van der Waals surface area contributed by atoms with Crippen LogP contribution in [0.1, 0.15) is 42.0 Å². The highest BCUT2D eigenvalue weighted by molar-refractivity contribution is 5.35. The van der Waals surface area contributed by atoms with E-state index >= 15 is 0 Å². The molecule has 0 aromatic heterocycles. The number of hydrogen-bond donors (Lipinski definition) is 1. The molecule has 1 aliphatic carbocycles. The minimum absolute atomic E-state index is 0.252. The summed E-state index contributed by atoms with van der Waals surface area (Å²) in [5, 5.41) is 0. The molecule has 2 N–H and O–H groups in total. The zero-order valence-electron chi connectivity index (χ0n) is 9.09. The van der Waals surface area contributed by atoms with E-state index < -0.39 is 0 Å². The van der Waals surface area contributed by atoms with E-state index in [0.29, 0.717) is 0 Å². The van der Waals surface area contributed by atoms with Crippen LogP contribution in [0.2, 0.25) is 0 Å². The van der Waals surface area contributed by atoms with Crippen LogP contribution in [0.25, 0.3) is 0 Å². The lowest BCUT2D eigenvalue weighted by Crippen LogP contribution is -2.12. The van der Waals surface area contributed by atoms with Gasteiger partial charge in [-0.05, 0) is 42.9 Å². The predicted octanol–water partition coefficient (Wildman–Crippen LogP) is 3.10. The van der Waals surface area contributed by atoms with E-state index in [1.807, 2.05) is 0 Å². The van der Waals surface area contributed by atoms with E-state index in [-0.39, 0.29) is 6.04 Å². The second kappa shape index (κ2) is 3.74. The summed E-state index contributed by atoms with van der Waals surface area (Å²) in [6.07, 6.45) is 3.95. The third-order valence-electron chi connectivity index (χ3n) is 3.33. The molecule has 1 nitrogen and oxygen atoms in total. The van der Waals surface area contributed by atoms with Crippen LogP contribution in [0, 0.1) is 19.8 Å². The molecule has 0 saturated heterocycles. The third kappa shape index (κ3) is 1.98. The molecule has 0 radical (unpaired) electrons. The zero-order chi connectivity index (χ0) is 10.1. The van der Waals surface area contributed by atoms with Gasteiger partial charge in [-0.2, -0.15) is 0 Å². The van der Waals surface area contributed by atoms with E-state index in [4.69, 9.17) is 5.73 Å². The van der Waals surface area contributed by atoms with Crippen molar-refractivity contribution in [3.05, 3.63) is 34.9 Å². The predicted molar refractivity (Wildman–Crippen MR) is 60.2 cm³/mol. The molecule has 1 fully saturated rings. The van der Waals surface area contributed by atoms with E-state index in [0.717, 1.165) is 5.92 Å². The van der Waals surface area contributed by atoms with Gasteiger partial charge in [0.05, 0.1) is 0 Å². The molecule has 0 aliphatic heterocycles. The number of hydrogen-bond acceptors (Lipinski definition) is 1. The molecule has 0 unspecified atom stereocenters. The Kier molecular flexibility index (Phi) is 2.60. The number of aryl methyl sites for hydroxylation is 1. The molecular weight excluding hydrogens is 170 g/mol. The minimum Gasteiger partial charge on any atom is -0.324 e. The van der Waals surface area contributed by atoms with Gasteiger partial charge in [-0.3, -0.25) is 0 Å². The zero-order valence-corrected chi connectivity index (χ0v) is 9.09. The average Bonchev–Trinajstić information content (AvgIpc) is 2.93. The molecule has 0 heterocycles. The van der Waals surface area contributed by atoms with Gasteiger partial charge in [0, 0.05) is 6.04 Å². The minimum atomic E-state index is 0.252. The van der Waals surface area contributed by atoms with Gasteiger partial charge in [0.1, 0.15) is 0 Å². The molecular formula is C13H19N. The number of nitrogens with two attached hydrogens (primary N) is 1. The van der Waals surface area contributed by atoms with Gasteiger partial charge < -0.3 is 5.73 Å². The highest BCUT2D eigenvalue weighted by atomic mass is 14.6. The molecule has 0 amide bonds. The molecule has 14 heavy (non-hydrogen) atoms. The summed E-state index contributed by atoms with van der Waals surface area (Å²) < 4.78 is 0. The highest BCUT2D eigenvalue weighted by Crippen LogP contribution is 2.37. The Bertz CT molecular complexity index is 326. The standard InChI is InChI=1S/C13H19N/c1-9-4-3-5-12(10(9)2)13(14)8-11-6-7-11/h3-5,11,13H,6-8,14H2,1-2H3/t13-/m0/s1. The number of rotatable bonds is 3. The Morgan fingerprint density at radius 1 is 1.36 bits per heavy atom. The maximum Gasteiger partial charge on any atom is 0.0300 e. The SMILES string of the molecule is Cc1cccc([C@@H](N)CC2CC2)c1C. The van der Waals surface area contributed by atoms with E-state index in [1.165, 1.54) is 36.0 Å². The monoisotopic (exact) mass is 189 g/mol. The van der Waals surface area contributed by atoms with Crippen LogP contribution in [0.4, 0.5) is 0 Å². The summed E-state index contributed by atoms with van der Waals surface area (Å²) in [6.45, 7) is 4.33. The fraction of sp³-hybridized carbons (Fsp3) is 0.538. The maximum atomic E-state index is 6.21. The summed E-state index contributed by atoms with van der Waals surface area (Å²) in [4.78, 5) is 0. The lowest BCUT2D eigenvalue weighted by Gasteiger charge is -2.15. The van der Waals surface area contributed by atoms with Gasteiger partial charge in [0.25, 0.3) is 0 Å². The summed E-state index contributed by atoms with van der Waals surface area (Å²) in [5.41, 5.74) is 10.3. The Balaban J connectivity index is 2.16. The van der Waals surface area contributed by atoms with Crippen LogP contribution in [-0.2, 0) is 0 Å². The molecule has 1 aliphatic rings. The first-order valence-electron chi connectivity index (χ1n) is 5.50. The normalized spacial score (nSPS) is 18.2. The Hall–Kier alpha value is -0.820. The smallest absolute Gasteiger partial charge is 0.0300 e. The number of benzene rings is 1. The van der Waals surface area contributed by atoms with Crippen molar-refractivity contribution in [1.29, 1.82) is 0 Å². The summed E-state index contributed by atoms with van der Waals surface area (Å²) in [5.74, 6) is 0.907. The summed E-state index contributed by atoms with van der Waals surface area (Å²) in [7, 11) is 0. The Morgan fingerprint density at radius 2 is 2.07 bits per heavy atom. The van der Waals surface area contributed by atoms with Crippen molar-refractivity contribution in [2.24, 2.45) is 11.7 Å². The second-order valence-electron chi connectivity index (χ2n) is 4.57. The molecule has 1 atom stereocenters. The molecule has 0 spiro atoms. The third-order valence-corrected chi connectivity index (χ3v) is 3.33. The molecule has 2 rings (SSSR count). The largest absolute Gasteiger partial charge is 0.324 e. The van der Waals surface area contributed by atoms with Gasteiger partial charge in [-0.25, -0.2) is 0 Å². The molecule has 0 bridgehead atoms. The summed E-state index contributed by atoms with van der Waals surface area (Å²) in [6, 6.07) is 6.70. The average molecular weight is 189 g/mol. The van der Waals surface area contributed by atoms with Crippen LogP contribution < -0.4 is 5.73 Å². The maximum absolute atomic E-state index is 6.21. The van der Waals surface area contributed by atoms with Crippen LogP contribution in [0.3, 0.4) is 0 Å². The first-order chi connectivity index (χ1) is 6.68. The van der Waals surface area contributed by atoms with Crippen molar-refractivity contribution in [3.8, 4) is 0 Å². The Labute approximate surface area is 86.3 Å². The Morgan fingerprint density at radius 3 is 2.71 bits per heavy atom. The quantitative estimate of drug-likeness (QED) is 0.776. The summed E-state index contributed by atoms with van der Waals surface area (Å²) >= 11 is 0. The molecule has 1 heteroatoms. The van der Waals surface area contributed by atoms with E-state index in [1.54, 1.807) is 0 Å². The molecule has 1 saturated carbocycles. The first kappa shape index (κ1) is 9.72. The molecule has 76 valence electrons. The van der Waals surface area contributed by atoms with Gasteiger partial charge in [-0.15, -0.1) is 0 Å². The highest BCUT2D eigenvalue weighted by Gasteiger charge is 2.25. The lowest BCUT2D eigenvalue weighted by molar-refractivity contribution is 0.594. The van der Waals surface area contributed by atoms with Crippen LogP contribution in [0.5, 0.6) is 0 Å². The fourth-order valence-corrected chi connectivity index (χ4v) is 2.02.